The number of aromatic nitrogens is 5. The first-order valence-corrected chi connectivity index (χ1v) is 9.54. The van der Waals surface area contributed by atoms with E-state index >= 15 is 0 Å². The molecule has 7 heteroatoms. The van der Waals surface area contributed by atoms with Crippen molar-refractivity contribution in [3.8, 4) is 0 Å². The van der Waals surface area contributed by atoms with Gasteiger partial charge in [-0.3, -0.25) is 0 Å². The molecule has 1 aromatic carbocycles. The van der Waals surface area contributed by atoms with Gasteiger partial charge in [0.25, 0.3) is 0 Å². The second kappa shape index (κ2) is 6.57. The van der Waals surface area contributed by atoms with Gasteiger partial charge in [-0.1, -0.05) is 5.21 Å². The van der Waals surface area contributed by atoms with Gasteiger partial charge in [-0.05, 0) is 61.9 Å². The number of nitrogens with zero attached hydrogens (tertiary/aromatic N) is 4. The molecule has 0 amide bonds. The molecule has 1 aliphatic carbocycles. The van der Waals surface area contributed by atoms with Crippen molar-refractivity contribution in [1.29, 1.82) is 0 Å². The van der Waals surface area contributed by atoms with Gasteiger partial charge in [0, 0.05) is 35.4 Å². The molecule has 0 unspecified atom stereocenters. The molecule has 4 N–H and O–H groups in total. The van der Waals surface area contributed by atoms with Crippen molar-refractivity contribution >= 4 is 27.9 Å². The van der Waals surface area contributed by atoms with Gasteiger partial charge < -0.3 is 16.0 Å². The van der Waals surface area contributed by atoms with Gasteiger partial charge in [0.15, 0.2) is 0 Å². The molecule has 1 fully saturated rings. The highest BCUT2D eigenvalue weighted by atomic mass is 15.4. The summed E-state index contributed by atoms with van der Waals surface area (Å²) in [6, 6.07) is 10.0. The van der Waals surface area contributed by atoms with Gasteiger partial charge in [-0.25, -0.2) is 9.50 Å². The lowest BCUT2D eigenvalue weighted by atomic mass is 9.80. The van der Waals surface area contributed by atoms with E-state index in [4.69, 9.17) is 5.73 Å². The fraction of sp³-hybridized carbons (Fsp3) is 0.350. The van der Waals surface area contributed by atoms with Crippen molar-refractivity contribution in [2.75, 3.05) is 17.6 Å². The van der Waals surface area contributed by atoms with E-state index < -0.39 is 0 Å². The third-order valence-electron chi connectivity index (χ3n) is 5.74. The number of hydrogen-bond acceptors (Lipinski definition) is 5. The molecule has 4 aromatic rings. The van der Waals surface area contributed by atoms with Gasteiger partial charge in [0.05, 0.1) is 5.69 Å². The van der Waals surface area contributed by atoms with E-state index in [9.17, 15) is 0 Å². The van der Waals surface area contributed by atoms with Crippen LogP contribution < -0.4 is 11.1 Å². The van der Waals surface area contributed by atoms with Crippen LogP contribution in [0, 0.1) is 5.92 Å². The third-order valence-corrected chi connectivity index (χ3v) is 5.74. The Morgan fingerprint density at radius 1 is 1.11 bits per heavy atom. The lowest BCUT2D eigenvalue weighted by Crippen LogP contribution is -2.20. The maximum Gasteiger partial charge on any atom is 0.141 e. The predicted molar refractivity (Wildman–Crippen MR) is 107 cm³/mol. The van der Waals surface area contributed by atoms with E-state index in [2.05, 4.69) is 31.7 Å². The van der Waals surface area contributed by atoms with Crippen LogP contribution in [-0.4, -0.2) is 31.3 Å². The van der Waals surface area contributed by atoms with E-state index in [0.717, 1.165) is 53.0 Å². The summed E-state index contributed by atoms with van der Waals surface area (Å²) in [5.74, 6) is 1.16. The topological polar surface area (TPSA) is 96.9 Å². The molecule has 0 spiro atoms. The molecule has 0 saturated heterocycles. The monoisotopic (exact) mass is 361 g/mol. The number of aromatic amines is 1. The summed E-state index contributed by atoms with van der Waals surface area (Å²) in [4.78, 5) is 7.57. The molecule has 3 aromatic heterocycles. The van der Waals surface area contributed by atoms with Gasteiger partial charge >= 0.3 is 0 Å². The van der Waals surface area contributed by atoms with Crippen molar-refractivity contribution < 1.29 is 0 Å². The summed E-state index contributed by atoms with van der Waals surface area (Å²) in [6.45, 7) is 1.00. The van der Waals surface area contributed by atoms with E-state index in [0.29, 0.717) is 11.8 Å². The van der Waals surface area contributed by atoms with Crippen molar-refractivity contribution in [2.45, 2.75) is 31.6 Å². The van der Waals surface area contributed by atoms with E-state index in [-0.39, 0.29) is 0 Å². The van der Waals surface area contributed by atoms with Crippen molar-refractivity contribution in [1.82, 2.24) is 24.8 Å². The predicted octanol–water partition coefficient (Wildman–Crippen LogP) is 3.57. The first-order chi connectivity index (χ1) is 13.3. The molecule has 1 saturated carbocycles. The first-order valence-electron chi connectivity index (χ1n) is 9.54. The lowest BCUT2D eigenvalue weighted by Gasteiger charge is -2.28. The Bertz CT molecular complexity index is 1060. The molecule has 138 valence electrons. The zero-order chi connectivity index (χ0) is 18.2. The summed E-state index contributed by atoms with van der Waals surface area (Å²) in [5.41, 5.74) is 10.8. The van der Waals surface area contributed by atoms with Gasteiger partial charge in [0.2, 0.25) is 0 Å². The summed E-state index contributed by atoms with van der Waals surface area (Å²) >= 11 is 0. The Morgan fingerprint density at radius 2 is 1.93 bits per heavy atom. The van der Waals surface area contributed by atoms with Crippen molar-refractivity contribution in [3.05, 3.63) is 48.5 Å². The maximum atomic E-state index is 5.75. The molecule has 0 atom stereocenters. The third kappa shape index (κ3) is 2.99. The molecular weight excluding hydrogens is 338 g/mol. The van der Waals surface area contributed by atoms with E-state index in [1.54, 1.807) is 10.8 Å². The van der Waals surface area contributed by atoms with Crippen LogP contribution in [0.15, 0.2) is 42.9 Å². The quantitative estimate of drug-likeness (QED) is 0.483. The van der Waals surface area contributed by atoms with Crippen LogP contribution in [0.5, 0.6) is 0 Å². The average Bonchev–Trinajstić information content (AvgIpc) is 3.34. The number of nitrogens with two attached hydrogens (primary N) is 1. The highest BCUT2D eigenvalue weighted by molar-refractivity contribution is 5.92. The number of anilines is 2. The zero-order valence-electron chi connectivity index (χ0n) is 15.1. The highest BCUT2D eigenvalue weighted by Gasteiger charge is 2.26. The van der Waals surface area contributed by atoms with Crippen molar-refractivity contribution in [2.24, 2.45) is 5.92 Å². The van der Waals surface area contributed by atoms with E-state index in [1.165, 1.54) is 12.8 Å². The molecule has 0 aliphatic heterocycles. The Hall–Kier alpha value is -3.09. The van der Waals surface area contributed by atoms with E-state index in [1.807, 2.05) is 30.5 Å². The summed E-state index contributed by atoms with van der Waals surface area (Å²) in [7, 11) is 0. The van der Waals surface area contributed by atoms with Gasteiger partial charge in [-0.2, -0.15) is 0 Å². The number of H-pyrrole nitrogens is 1. The number of benzene rings is 1. The molecule has 0 bridgehead atoms. The van der Waals surface area contributed by atoms with Crippen LogP contribution in [0.25, 0.3) is 16.6 Å². The molecular formula is C20H23N7. The molecule has 1 aliphatic rings. The van der Waals surface area contributed by atoms with Crippen LogP contribution >= 0.6 is 0 Å². The van der Waals surface area contributed by atoms with Gasteiger partial charge in [0.1, 0.15) is 17.5 Å². The maximum absolute atomic E-state index is 5.75. The fourth-order valence-corrected chi connectivity index (χ4v) is 4.20. The number of rotatable bonds is 4. The molecule has 0 radical (unpaired) electrons. The van der Waals surface area contributed by atoms with Crippen molar-refractivity contribution in [3.63, 3.8) is 0 Å². The number of nitrogen functional groups attached to an aromatic ring is 1. The zero-order valence-corrected chi connectivity index (χ0v) is 15.1. The Labute approximate surface area is 157 Å². The number of hydrogen-bond donors (Lipinski definition) is 3. The van der Waals surface area contributed by atoms with Crippen LogP contribution in [0.2, 0.25) is 0 Å². The molecule has 27 heavy (non-hydrogen) atoms. The minimum absolute atomic E-state index is 0.468. The van der Waals surface area contributed by atoms with Crippen LogP contribution in [0.4, 0.5) is 11.4 Å². The number of nitrogens with one attached hydrogen (secondary N) is 2. The molecule has 3 heterocycles. The highest BCUT2D eigenvalue weighted by Crippen LogP contribution is 2.37. The Kier molecular flexibility index (Phi) is 3.92. The Balaban J connectivity index is 1.27. The minimum Gasteiger partial charge on any atom is -0.399 e. The molecule has 7 nitrogen and oxygen atoms in total. The lowest BCUT2D eigenvalue weighted by molar-refractivity contribution is 0.336. The minimum atomic E-state index is 0.468. The van der Waals surface area contributed by atoms with Gasteiger partial charge in [-0.15, -0.1) is 5.10 Å². The second-order valence-corrected chi connectivity index (χ2v) is 7.47. The summed E-state index contributed by atoms with van der Waals surface area (Å²) in [5, 5.41) is 13.4. The second-order valence-electron chi connectivity index (χ2n) is 7.47. The van der Waals surface area contributed by atoms with Crippen LogP contribution in [0.3, 0.4) is 0 Å². The van der Waals surface area contributed by atoms with Crippen LogP contribution in [-0.2, 0) is 0 Å². The largest absolute Gasteiger partial charge is 0.399 e. The first kappa shape index (κ1) is 16.1. The number of fused-ring (bicyclic) bond motifs is 3. The normalized spacial score (nSPS) is 20.3. The SMILES string of the molecule is Nc1ccc(NCC2CCC(c3nnn4cnc5[nH]ccc5c34)CC2)cc1. The average molecular weight is 361 g/mol. The standard InChI is InChI=1S/C20H23N7/c21-15-5-7-16(8-6-15)23-11-13-1-3-14(4-2-13)18-19-17-9-10-22-20(17)24-12-27(19)26-25-18/h5-10,12-14,22-23H,1-4,11,21H2. The van der Waals surface area contributed by atoms with Crippen LogP contribution in [0.1, 0.15) is 37.3 Å². The Morgan fingerprint density at radius 3 is 2.74 bits per heavy atom. The fourth-order valence-electron chi connectivity index (χ4n) is 4.20. The smallest absolute Gasteiger partial charge is 0.141 e. The summed E-state index contributed by atoms with van der Waals surface area (Å²) < 4.78 is 1.81. The summed E-state index contributed by atoms with van der Waals surface area (Å²) in [6.07, 6.45) is 8.37. The molecule has 5 rings (SSSR count).